The maximum Gasteiger partial charge on any atom is 0.309 e. The van der Waals surface area contributed by atoms with Gasteiger partial charge in [-0.3, -0.25) is 4.79 Å². The molecule has 2 heterocycles. The van der Waals surface area contributed by atoms with E-state index in [4.69, 9.17) is 13.9 Å². The number of ether oxygens (including phenoxy) is 2. The lowest BCUT2D eigenvalue weighted by molar-refractivity contribution is -0.150. The van der Waals surface area contributed by atoms with Gasteiger partial charge in [-0.05, 0) is 75.5 Å². The maximum atomic E-state index is 12.3. The third-order valence-electron chi connectivity index (χ3n) is 6.14. The van der Waals surface area contributed by atoms with Crippen molar-refractivity contribution in [2.24, 2.45) is 11.8 Å². The highest BCUT2D eigenvalue weighted by atomic mass is 16.5. The Morgan fingerprint density at radius 3 is 2.70 bits per heavy atom. The lowest BCUT2D eigenvalue weighted by Crippen LogP contribution is -2.41. The number of benzene rings is 2. The van der Waals surface area contributed by atoms with E-state index in [1.54, 1.807) is 0 Å². The van der Waals surface area contributed by atoms with Crippen molar-refractivity contribution in [3.8, 4) is 17.2 Å². The molecule has 0 spiro atoms. The Labute approximate surface area is 195 Å². The third kappa shape index (κ3) is 6.02. The molecule has 1 aliphatic rings. The van der Waals surface area contributed by atoms with Crippen molar-refractivity contribution in [3.05, 3.63) is 71.6 Å². The molecule has 1 fully saturated rings. The van der Waals surface area contributed by atoms with Gasteiger partial charge in [0.05, 0.1) is 24.8 Å². The molecule has 1 saturated heterocycles. The van der Waals surface area contributed by atoms with Gasteiger partial charge in [0.15, 0.2) is 0 Å². The van der Waals surface area contributed by atoms with Crippen molar-refractivity contribution in [3.63, 3.8) is 0 Å². The van der Waals surface area contributed by atoms with Crippen LogP contribution >= 0.6 is 0 Å². The number of nitrogens with zero attached hydrogens (tertiary/aromatic N) is 1. The normalized spacial score (nSPS) is 18.1. The minimum absolute atomic E-state index is 0.0337. The highest BCUT2D eigenvalue weighted by Crippen LogP contribution is 2.26. The highest BCUT2D eigenvalue weighted by molar-refractivity contribution is 5.73. The quantitative estimate of drug-likeness (QED) is 0.482. The second-order valence-corrected chi connectivity index (χ2v) is 8.45. The van der Waals surface area contributed by atoms with Crippen LogP contribution < -0.4 is 10.1 Å². The molecule has 174 valence electrons. The number of aromatic nitrogens is 1. The first-order valence-corrected chi connectivity index (χ1v) is 11.7. The lowest BCUT2D eigenvalue weighted by atomic mass is 9.82. The van der Waals surface area contributed by atoms with Crippen LogP contribution in [0.4, 0.5) is 0 Å². The van der Waals surface area contributed by atoms with Crippen molar-refractivity contribution in [1.29, 1.82) is 0 Å². The Bertz CT molecular complexity index is 1030. The lowest BCUT2D eigenvalue weighted by Gasteiger charge is -2.30. The first-order valence-electron chi connectivity index (χ1n) is 11.7. The van der Waals surface area contributed by atoms with E-state index in [2.05, 4.69) is 22.4 Å². The molecule has 0 amide bonds. The summed E-state index contributed by atoms with van der Waals surface area (Å²) in [7, 11) is 0. The van der Waals surface area contributed by atoms with Crippen LogP contribution in [0.1, 0.15) is 30.4 Å². The molecule has 2 aromatic carbocycles. The zero-order valence-corrected chi connectivity index (χ0v) is 19.4. The van der Waals surface area contributed by atoms with Crippen molar-refractivity contribution in [2.75, 3.05) is 26.3 Å². The smallest absolute Gasteiger partial charge is 0.309 e. The van der Waals surface area contributed by atoms with Gasteiger partial charge in [-0.1, -0.05) is 30.3 Å². The molecule has 0 bridgehead atoms. The van der Waals surface area contributed by atoms with Gasteiger partial charge in [0.2, 0.25) is 5.89 Å². The molecule has 33 heavy (non-hydrogen) atoms. The average Bonchev–Trinajstić information content (AvgIpc) is 3.22. The molecule has 0 aliphatic carbocycles. The fourth-order valence-electron chi connectivity index (χ4n) is 4.35. The van der Waals surface area contributed by atoms with Crippen molar-refractivity contribution < 1.29 is 18.7 Å². The van der Waals surface area contributed by atoms with Crippen molar-refractivity contribution in [1.82, 2.24) is 10.3 Å². The number of aryl methyl sites for hydroxylation is 1. The van der Waals surface area contributed by atoms with Crippen LogP contribution in [-0.4, -0.2) is 37.3 Å². The fraction of sp³-hybridized carbons (Fsp3) is 0.407. The number of carbonyl (C=O) groups excluding carboxylic acids is 1. The monoisotopic (exact) mass is 448 g/mol. The standard InChI is InChI=1S/C27H32N2O4/c1-3-31-27(30)24-13-15-28-18-22(24)17-20-9-11-23(12-10-20)32-16-14-25-19(2)33-26(29-25)21-7-5-4-6-8-21/h4-12,22,24,28H,3,13-18H2,1-2H3/t22-,24+/m1/s1. The zero-order chi connectivity index (χ0) is 23.0. The molecule has 0 radical (unpaired) electrons. The van der Waals surface area contributed by atoms with Crippen LogP contribution in [0, 0.1) is 18.8 Å². The number of nitrogens with one attached hydrogen (secondary N) is 1. The van der Waals surface area contributed by atoms with Gasteiger partial charge < -0.3 is 19.2 Å². The Kier molecular flexibility index (Phi) is 7.79. The minimum Gasteiger partial charge on any atom is -0.493 e. The Morgan fingerprint density at radius 2 is 1.94 bits per heavy atom. The predicted octanol–water partition coefficient (Wildman–Crippen LogP) is 4.60. The molecule has 0 unspecified atom stereocenters. The second-order valence-electron chi connectivity index (χ2n) is 8.45. The third-order valence-corrected chi connectivity index (χ3v) is 6.14. The zero-order valence-electron chi connectivity index (χ0n) is 19.4. The number of rotatable bonds is 9. The first kappa shape index (κ1) is 23.1. The van der Waals surface area contributed by atoms with Crippen LogP contribution in [0.3, 0.4) is 0 Å². The van der Waals surface area contributed by atoms with E-state index < -0.39 is 0 Å². The number of carbonyl (C=O) groups is 1. The van der Waals surface area contributed by atoms with E-state index in [-0.39, 0.29) is 17.8 Å². The van der Waals surface area contributed by atoms with Crippen LogP contribution in [0.5, 0.6) is 5.75 Å². The summed E-state index contributed by atoms with van der Waals surface area (Å²) in [6.07, 6.45) is 2.36. The molecule has 6 heteroatoms. The number of oxazole rings is 1. The largest absolute Gasteiger partial charge is 0.493 e. The molecule has 6 nitrogen and oxygen atoms in total. The summed E-state index contributed by atoms with van der Waals surface area (Å²) in [6.45, 7) is 6.46. The maximum absolute atomic E-state index is 12.3. The molecule has 3 aromatic rings. The summed E-state index contributed by atoms with van der Waals surface area (Å²) in [6, 6.07) is 18.1. The molecular weight excluding hydrogens is 416 g/mol. The second kappa shape index (κ2) is 11.1. The molecule has 1 N–H and O–H groups in total. The highest BCUT2D eigenvalue weighted by Gasteiger charge is 2.31. The molecule has 2 atom stereocenters. The summed E-state index contributed by atoms with van der Waals surface area (Å²) in [5, 5.41) is 3.41. The summed E-state index contributed by atoms with van der Waals surface area (Å²) >= 11 is 0. The number of piperidine rings is 1. The number of hydrogen-bond acceptors (Lipinski definition) is 6. The predicted molar refractivity (Wildman–Crippen MR) is 127 cm³/mol. The van der Waals surface area contributed by atoms with Crippen LogP contribution in [-0.2, 0) is 22.4 Å². The van der Waals surface area contributed by atoms with Gasteiger partial charge >= 0.3 is 5.97 Å². The Morgan fingerprint density at radius 1 is 1.15 bits per heavy atom. The van der Waals surface area contributed by atoms with E-state index in [0.29, 0.717) is 25.5 Å². The fourth-order valence-corrected chi connectivity index (χ4v) is 4.35. The molecule has 0 saturated carbocycles. The van der Waals surface area contributed by atoms with Gasteiger partial charge in [-0.2, -0.15) is 0 Å². The van der Waals surface area contributed by atoms with E-state index in [1.807, 2.05) is 56.3 Å². The van der Waals surface area contributed by atoms with E-state index in [9.17, 15) is 4.79 Å². The van der Waals surface area contributed by atoms with E-state index >= 15 is 0 Å². The molecular formula is C27H32N2O4. The van der Waals surface area contributed by atoms with Crippen molar-refractivity contribution >= 4 is 5.97 Å². The van der Waals surface area contributed by atoms with Gasteiger partial charge in [0.25, 0.3) is 0 Å². The Balaban J connectivity index is 1.29. The summed E-state index contributed by atoms with van der Waals surface area (Å²) in [5.41, 5.74) is 3.09. The van der Waals surface area contributed by atoms with Crippen LogP contribution in [0.15, 0.2) is 59.0 Å². The average molecular weight is 449 g/mol. The van der Waals surface area contributed by atoms with Gasteiger partial charge in [-0.15, -0.1) is 0 Å². The van der Waals surface area contributed by atoms with Crippen LogP contribution in [0.25, 0.3) is 11.5 Å². The van der Waals surface area contributed by atoms with Crippen LogP contribution in [0.2, 0.25) is 0 Å². The minimum atomic E-state index is -0.0671. The van der Waals surface area contributed by atoms with Gasteiger partial charge in [0.1, 0.15) is 11.5 Å². The van der Waals surface area contributed by atoms with E-state index in [0.717, 1.165) is 48.7 Å². The van der Waals surface area contributed by atoms with E-state index in [1.165, 1.54) is 5.56 Å². The molecule has 4 rings (SSSR count). The summed E-state index contributed by atoms with van der Waals surface area (Å²) < 4.78 is 17.1. The summed E-state index contributed by atoms with van der Waals surface area (Å²) in [4.78, 5) is 16.9. The van der Waals surface area contributed by atoms with Gasteiger partial charge in [0, 0.05) is 12.0 Å². The summed E-state index contributed by atoms with van der Waals surface area (Å²) in [5.74, 6) is 2.44. The first-order chi connectivity index (χ1) is 16.1. The SMILES string of the molecule is CCOC(=O)[C@H]1CCNC[C@H]1Cc1ccc(OCCc2nc(-c3ccccc3)oc2C)cc1. The number of hydrogen-bond donors (Lipinski definition) is 1. The topological polar surface area (TPSA) is 73.6 Å². The molecule has 1 aliphatic heterocycles. The number of esters is 1. The van der Waals surface area contributed by atoms with Crippen molar-refractivity contribution in [2.45, 2.75) is 33.1 Å². The molecule has 1 aromatic heterocycles. The van der Waals surface area contributed by atoms with Gasteiger partial charge in [-0.25, -0.2) is 4.98 Å². The Hall–Kier alpha value is -3.12.